The average molecular weight is 243 g/mol. The van der Waals surface area contributed by atoms with E-state index in [2.05, 4.69) is 15.9 Å². The van der Waals surface area contributed by atoms with Gasteiger partial charge in [0.25, 0.3) is 0 Å². The molecule has 1 heterocycles. The predicted octanol–water partition coefficient (Wildman–Crippen LogP) is 3.05. The van der Waals surface area contributed by atoms with Crippen molar-refractivity contribution < 1.29 is 9.21 Å². The van der Waals surface area contributed by atoms with E-state index in [-0.39, 0.29) is 11.2 Å². The highest BCUT2D eigenvalue weighted by Crippen LogP contribution is 2.45. The van der Waals surface area contributed by atoms with Gasteiger partial charge in [-0.2, -0.15) is 0 Å². The zero-order valence-electron chi connectivity index (χ0n) is 7.47. The van der Waals surface area contributed by atoms with Gasteiger partial charge in [0, 0.05) is 0 Å². The Morgan fingerprint density at radius 2 is 2.23 bits per heavy atom. The molecule has 0 spiro atoms. The maximum absolute atomic E-state index is 11.5. The van der Waals surface area contributed by atoms with Gasteiger partial charge in [-0.05, 0) is 47.8 Å². The maximum atomic E-state index is 11.5. The third-order valence-electron chi connectivity index (χ3n) is 2.93. The summed E-state index contributed by atoms with van der Waals surface area (Å²) in [6.07, 6.45) is 2.99. The molecule has 0 radical (unpaired) electrons. The first-order chi connectivity index (χ1) is 6.15. The second-order valence-corrected chi connectivity index (χ2v) is 4.38. The van der Waals surface area contributed by atoms with Crippen molar-refractivity contribution in [1.82, 2.24) is 0 Å². The average Bonchev–Trinajstić information content (AvgIpc) is 2.32. The Morgan fingerprint density at radius 1 is 1.54 bits per heavy atom. The molecule has 1 saturated carbocycles. The zero-order valence-corrected chi connectivity index (χ0v) is 9.06. The molecule has 1 fully saturated rings. The van der Waals surface area contributed by atoms with Gasteiger partial charge in [0.05, 0.1) is 5.41 Å². The molecule has 2 rings (SSSR count). The first kappa shape index (κ1) is 9.00. The van der Waals surface area contributed by atoms with Crippen LogP contribution in [-0.4, -0.2) is 5.78 Å². The fourth-order valence-electron chi connectivity index (χ4n) is 1.87. The highest BCUT2D eigenvalue weighted by Gasteiger charge is 2.45. The van der Waals surface area contributed by atoms with Crippen molar-refractivity contribution in [2.45, 2.75) is 31.6 Å². The molecule has 1 aliphatic rings. The number of hydrogen-bond acceptors (Lipinski definition) is 2. The van der Waals surface area contributed by atoms with Crippen LogP contribution < -0.4 is 0 Å². The Balaban J connectivity index is 2.37. The van der Waals surface area contributed by atoms with Crippen LogP contribution >= 0.6 is 15.9 Å². The lowest BCUT2D eigenvalue weighted by molar-refractivity contribution is -0.126. The van der Waals surface area contributed by atoms with Crippen LogP contribution in [0.15, 0.2) is 21.2 Å². The standard InChI is InChI=1S/C10H11BrO2/c1-7(12)10(5-2-6-10)8-3-4-9(11)13-8/h3-4H,2,5-6H2,1H3. The molecule has 1 aromatic rings. The Labute approximate surface area is 85.4 Å². The summed E-state index contributed by atoms with van der Waals surface area (Å²) in [5, 5.41) is 0. The summed E-state index contributed by atoms with van der Waals surface area (Å²) in [5.74, 6) is 1.04. The lowest BCUT2D eigenvalue weighted by Gasteiger charge is -2.37. The van der Waals surface area contributed by atoms with E-state index in [1.807, 2.05) is 12.1 Å². The van der Waals surface area contributed by atoms with Crippen LogP contribution in [0.1, 0.15) is 31.9 Å². The number of hydrogen-bond donors (Lipinski definition) is 0. The number of halogens is 1. The van der Waals surface area contributed by atoms with E-state index >= 15 is 0 Å². The summed E-state index contributed by atoms with van der Waals surface area (Å²) >= 11 is 3.25. The molecule has 13 heavy (non-hydrogen) atoms. The molecule has 0 N–H and O–H groups in total. The van der Waals surface area contributed by atoms with Crippen LogP contribution in [0.25, 0.3) is 0 Å². The summed E-state index contributed by atoms with van der Waals surface area (Å²) in [5.41, 5.74) is -0.300. The van der Waals surface area contributed by atoms with Gasteiger partial charge in [0.1, 0.15) is 11.5 Å². The lowest BCUT2D eigenvalue weighted by atomic mass is 9.65. The molecule has 2 nitrogen and oxygen atoms in total. The molecule has 0 aromatic carbocycles. The number of Topliss-reactive ketones (excluding diaryl/α,β-unsaturated/α-hetero) is 1. The predicted molar refractivity (Wildman–Crippen MR) is 52.6 cm³/mol. The van der Waals surface area contributed by atoms with Crippen LogP contribution in [0, 0.1) is 0 Å². The Bertz CT molecular complexity index is 336. The van der Waals surface area contributed by atoms with Gasteiger partial charge in [-0.1, -0.05) is 6.42 Å². The summed E-state index contributed by atoms with van der Waals surface area (Å²) in [4.78, 5) is 11.5. The zero-order chi connectivity index (χ0) is 9.47. The third-order valence-corrected chi connectivity index (χ3v) is 3.35. The van der Waals surface area contributed by atoms with Gasteiger partial charge >= 0.3 is 0 Å². The summed E-state index contributed by atoms with van der Waals surface area (Å²) in [7, 11) is 0. The molecule has 0 bridgehead atoms. The second-order valence-electron chi connectivity index (χ2n) is 3.60. The first-order valence-corrected chi connectivity index (χ1v) is 5.21. The smallest absolute Gasteiger partial charge is 0.169 e. The molecule has 0 saturated heterocycles. The second kappa shape index (κ2) is 2.98. The molecule has 0 amide bonds. The summed E-state index contributed by atoms with van der Waals surface area (Å²) in [6.45, 7) is 1.65. The summed E-state index contributed by atoms with van der Waals surface area (Å²) < 4.78 is 6.15. The van der Waals surface area contributed by atoms with Crippen molar-refractivity contribution in [2.75, 3.05) is 0 Å². The number of carbonyl (C=O) groups is 1. The minimum atomic E-state index is -0.300. The number of furan rings is 1. The fraction of sp³-hybridized carbons (Fsp3) is 0.500. The van der Waals surface area contributed by atoms with Crippen molar-refractivity contribution in [3.05, 3.63) is 22.6 Å². The van der Waals surface area contributed by atoms with E-state index in [4.69, 9.17) is 4.42 Å². The van der Waals surface area contributed by atoms with E-state index in [9.17, 15) is 4.79 Å². The summed E-state index contributed by atoms with van der Waals surface area (Å²) in [6, 6.07) is 3.74. The molecular weight excluding hydrogens is 232 g/mol. The van der Waals surface area contributed by atoms with Crippen LogP contribution in [-0.2, 0) is 10.2 Å². The molecule has 0 aliphatic heterocycles. The Morgan fingerprint density at radius 3 is 2.54 bits per heavy atom. The topological polar surface area (TPSA) is 30.2 Å². The molecular formula is C10H11BrO2. The normalized spacial score (nSPS) is 19.5. The minimum absolute atomic E-state index is 0.223. The fourth-order valence-corrected chi connectivity index (χ4v) is 2.18. The van der Waals surface area contributed by atoms with Gasteiger partial charge in [-0.25, -0.2) is 0 Å². The van der Waals surface area contributed by atoms with E-state index in [0.717, 1.165) is 25.0 Å². The van der Waals surface area contributed by atoms with Crippen LogP contribution in [0.4, 0.5) is 0 Å². The highest BCUT2D eigenvalue weighted by molar-refractivity contribution is 9.10. The minimum Gasteiger partial charge on any atom is -0.453 e. The Hall–Kier alpha value is -0.570. The number of rotatable bonds is 2. The molecule has 3 heteroatoms. The Kier molecular flexibility index (Phi) is 2.06. The van der Waals surface area contributed by atoms with Crippen molar-refractivity contribution in [1.29, 1.82) is 0 Å². The SMILES string of the molecule is CC(=O)C1(c2ccc(Br)o2)CCC1. The third kappa shape index (κ3) is 1.26. The lowest BCUT2D eigenvalue weighted by Crippen LogP contribution is -2.40. The number of carbonyl (C=O) groups excluding carboxylic acids is 1. The van der Waals surface area contributed by atoms with Crippen LogP contribution in [0.2, 0.25) is 0 Å². The number of ketones is 1. The monoisotopic (exact) mass is 242 g/mol. The molecule has 1 aromatic heterocycles. The van der Waals surface area contributed by atoms with Crippen LogP contribution in [0.3, 0.4) is 0 Å². The van der Waals surface area contributed by atoms with Gasteiger partial charge in [-0.15, -0.1) is 0 Å². The molecule has 1 aliphatic carbocycles. The highest BCUT2D eigenvalue weighted by atomic mass is 79.9. The van der Waals surface area contributed by atoms with Crippen molar-refractivity contribution in [3.63, 3.8) is 0 Å². The quantitative estimate of drug-likeness (QED) is 0.799. The molecule has 0 unspecified atom stereocenters. The van der Waals surface area contributed by atoms with E-state index < -0.39 is 0 Å². The van der Waals surface area contributed by atoms with Crippen molar-refractivity contribution in [2.24, 2.45) is 0 Å². The van der Waals surface area contributed by atoms with Crippen molar-refractivity contribution >= 4 is 21.7 Å². The largest absolute Gasteiger partial charge is 0.453 e. The molecule has 0 atom stereocenters. The van der Waals surface area contributed by atoms with Gasteiger partial charge < -0.3 is 4.42 Å². The van der Waals surface area contributed by atoms with E-state index in [1.165, 1.54) is 0 Å². The van der Waals surface area contributed by atoms with Crippen LogP contribution in [0.5, 0.6) is 0 Å². The van der Waals surface area contributed by atoms with E-state index in [1.54, 1.807) is 6.92 Å². The van der Waals surface area contributed by atoms with Gasteiger partial charge in [-0.3, -0.25) is 4.79 Å². The van der Waals surface area contributed by atoms with Crippen molar-refractivity contribution in [3.8, 4) is 0 Å². The first-order valence-electron chi connectivity index (χ1n) is 4.42. The van der Waals surface area contributed by atoms with Gasteiger partial charge in [0.15, 0.2) is 4.67 Å². The van der Waals surface area contributed by atoms with Gasteiger partial charge in [0.2, 0.25) is 0 Å². The maximum Gasteiger partial charge on any atom is 0.169 e. The molecule has 70 valence electrons. The van der Waals surface area contributed by atoms with E-state index in [0.29, 0.717) is 4.67 Å².